The molecule has 2 atom stereocenters. The van der Waals surface area contributed by atoms with E-state index in [1.165, 1.54) is 12.8 Å². The maximum atomic E-state index is 11.2. The predicted molar refractivity (Wildman–Crippen MR) is 68.9 cm³/mol. The van der Waals surface area contributed by atoms with Crippen LogP contribution in [-0.2, 0) is 9.59 Å². The maximum absolute atomic E-state index is 11.2. The Labute approximate surface area is 120 Å². The Morgan fingerprint density at radius 3 is 2.30 bits per heavy atom. The lowest BCUT2D eigenvalue weighted by molar-refractivity contribution is -0.192. The molecule has 0 aliphatic carbocycles. The fraction of sp³-hybridized carbons (Fsp3) is 0.667. The summed E-state index contributed by atoms with van der Waals surface area (Å²) in [6.07, 6.45) is 1.71. The molecule has 2 rings (SSSR count). The van der Waals surface area contributed by atoms with E-state index >= 15 is 0 Å². The molecule has 1 fully saturated rings. The van der Waals surface area contributed by atoms with Crippen LogP contribution in [0.15, 0.2) is 11.6 Å². The summed E-state index contributed by atoms with van der Waals surface area (Å²) in [5.74, 6) is -2.51. The van der Waals surface area contributed by atoms with Crippen molar-refractivity contribution < 1.29 is 27.9 Å². The number of rotatable bonds is 1. The first-order chi connectivity index (χ1) is 8.71. The number of halogens is 4. The van der Waals surface area contributed by atoms with Crippen molar-refractivity contribution in [2.45, 2.75) is 50.9 Å². The Bertz CT molecular complexity index is 396. The number of alkyl halides is 3. The monoisotopic (exact) mass is 315 g/mol. The first-order valence-corrected chi connectivity index (χ1v) is 5.99. The van der Waals surface area contributed by atoms with Crippen LogP contribution < -0.4 is 5.32 Å². The summed E-state index contributed by atoms with van der Waals surface area (Å²) in [7, 11) is 0. The average molecular weight is 316 g/mol. The molecule has 2 aliphatic rings. The van der Waals surface area contributed by atoms with Gasteiger partial charge in [0.2, 0.25) is 0 Å². The number of carboxylic acid groups (broad SMARTS) is 1. The molecule has 2 N–H and O–H groups in total. The molecule has 0 aromatic rings. The van der Waals surface area contributed by atoms with E-state index in [1.54, 1.807) is 6.92 Å². The molecule has 2 unspecified atom stereocenters. The molecule has 8 heteroatoms. The van der Waals surface area contributed by atoms with E-state index in [-0.39, 0.29) is 18.2 Å². The number of aliphatic carboxylic acids is 1. The maximum Gasteiger partial charge on any atom is 0.490 e. The van der Waals surface area contributed by atoms with E-state index in [0.717, 1.165) is 18.4 Å². The van der Waals surface area contributed by atoms with Crippen LogP contribution in [0.4, 0.5) is 13.2 Å². The molecule has 0 spiro atoms. The second-order valence-electron chi connectivity index (χ2n) is 4.59. The van der Waals surface area contributed by atoms with Gasteiger partial charge in [0.1, 0.15) is 0 Å². The highest BCUT2D eigenvalue weighted by atomic mass is 35.5. The van der Waals surface area contributed by atoms with Crippen molar-refractivity contribution in [3.05, 3.63) is 11.6 Å². The van der Waals surface area contributed by atoms with Crippen LogP contribution >= 0.6 is 12.4 Å². The summed E-state index contributed by atoms with van der Waals surface area (Å²) >= 11 is 0. The number of hydrogen-bond acceptors (Lipinski definition) is 3. The molecule has 2 bridgehead atoms. The van der Waals surface area contributed by atoms with E-state index in [2.05, 4.69) is 11.4 Å². The number of Topliss-reactive ketones (excluding diaryl/α,β-unsaturated/α-hetero) is 1. The van der Waals surface area contributed by atoms with Crippen molar-refractivity contribution in [3.8, 4) is 0 Å². The molecule has 1 saturated heterocycles. The summed E-state index contributed by atoms with van der Waals surface area (Å²) < 4.78 is 31.7. The molecule has 116 valence electrons. The first kappa shape index (κ1) is 18.9. The van der Waals surface area contributed by atoms with E-state index in [4.69, 9.17) is 9.90 Å². The Hall–Kier alpha value is -1.08. The summed E-state index contributed by atoms with van der Waals surface area (Å²) in [5.41, 5.74) is 1.02. The van der Waals surface area contributed by atoms with Gasteiger partial charge in [-0.15, -0.1) is 12.4 Å². The number of carbonyl (C=O) groups excluding carboxylic acids is 1. The van der Waals surface area contributed by atoms with Crippen molar-refractivity contribution in [2.24, 2.45) is 0 Å². The van der Waals surface area contributed by atoms with Crippen LogP contribution in [0.25, 0.3) is 0 Å². The third kappa shape index (κ3) is 5.50. The van der Waals surface area contributed by atoms with Crippen LogP contribution in [0, 0.1) is 0 Å². The zero-order valence-electron chi connectivity index (χ0n) is 10.9. The van der Waals surface area contributed by atoms with Crippen LogP contribution in [0.3, 0.4) is 0 Å². The van der Waals surface area contributed by atoms with E-state index in [1.807, 2.05) is 0 Å². The van der Waals surface area contributed by atoms with Crippen molar-refractivity contribution in [1.82, 2.24) is 5.32 Å². The molecule has 0 radical (unpaired) electrons. The molecular formula is C12H17ClF3NO3. The fourth-order valence-corrected chi connectivity index (χ4v) is 2.26. The highest BCUT2D eigenvalue weighted by Gasteiger charge is 2.38. The number of hydrogen-bond donors (Lipinski definition) is 2. The third-order valence-corrected chi connectivity index (χ3v) is 3.14. The SMILES string of the molecule is CC(=O)C1=CCCC2CCC1N2.Cl.O=C(O)C(F)(F)F. The molecule has 0 amide bonds. The van der Waals surface area contributed by atoms with Gasteiger partial charge in [0, 0.05) is 17.7 Å². The zero-order chi connectivity index (χ0) is 14.6. The molecule has 0 saturated carbocycles. The Balaban J connectivity index is 0.000000396. The van der Waals surface area contributed by atoms with Gasteiger partial charge in [-0.1, -0.05) is 6.08 Å². The smallest absolute Gasteiger partial charge is 0.475 e. The minimum absolute atomic E-state index is 0. The van der Waals surface area contributed by atoms with Crippen LogP contribution in [-0.4, -0.2) is 35.1 Å². The minimum atomic E-state index is -5.08. The van der Waals surface area contributed by atoms with Gasteiger partial charge in [0.25, 0.3) is 0 Å². The molecule has 4 nitrogen and oxygen atoms in total. The second kappa shape index (κ2) is 7.64. The lowest BCUT2D eigenvalue weighted by atomic mass is 9.98. The Morgan fingerprint density at radius 1 is 1.30 bits per heavy atom. The standard InChI is InChI=1S/C10H15NO.C2HF3O2.ClH/c1-7(12)9-4-2-3-8-5-6-10(9)11-8;3-2(4,5)1(6)7;/h4,8,10-11H,2-3,5-6H2,1H3;(H,6,7);1H. The Morgan fingerprint density at radius 2 is 1.85 bits per heavy atom. The second-order valence-corrected chi connectivity index (χ2v) is 4.59. The average Bonchev–Trinajstić information content (AvgIpc) is 2.58. The molecule has 0 aromatic heterocycles. The van der Waals surface area contributed by atoms with E-state index < -0.39 is 12.1 Å². The number of nitrogens with one attached hydrogen (secondary N) is 1. The number of fused-ring (bicyclic) bond motifs is 2. The molecular weight excluding hydrogens is 299 g/mol. The van der Waals surface area contributed by atoms with Crippen molar-refractivity contribution in [3.63, 3.8) is 0 Å². The fourth-order valence-electron chi connectivity index (χ4n) is 2.26. The van der Waals surface area contributed by atoms with Crippen molar-refractivity contribution in [2.75, 3.05) is 0 Å². The summed E-state index contributed by atoms with van der Waals surface area (Å²) in [6, 6.07) is 1.04. The largest absolute Gasteiger partial charge is 0.490 e. The van der Waals surface area contributed by atoms with Crippen molar-refractivity contribution >= 4 is 24.2 Å². The number of allylic oxidation sites excluding steroid dienone is 1. The summed E-state index contributed by atoms with van der Waals surface area (Å²) in [6.45, 7) is 1.67. The van der Waals surface area contributed by atoms with E-state index in [0.29, 0.717) is 12.1 Å². The topological polar surface area (TPSA) is 66.4 Å². The first-order valence-electron chi connectivity index (χ1n) is 5.99. The van der Waals surface area contributed by atoms with Gasteiger partial charge in [-0.05, 0) is 32.6 Å². The summed E-state index contributed by atoms with van der Waals surface area (Å²) in [5, 5.41) is 10.6. The highest BCUT2D eigenvalue weighted by Crippen LogP contribution is 2.26. The molecule has 0 aromatic carbocycles. The van der Waals surface area contributed by atoms with E-state index in [9.17, 15) is 18.0 Å². The predicted octanol–water partition coefficient (Wildman–Crippen LogP) is 2.47. The highest BCUT2D eigenvalue weighted by molar-refractivity contribution is 5.94. The van der Waals surface area contributed by atoms with Crippen molar-refractivity contribution in [1.29, 1.82) is 0 Å². The minimum Gasteiger partial charge on any atom is -0.475 e. The molecule has 2 aliphatic heterocycles. The third-order valence-electron chi connectivity index (χ3n) is 3.14. The van der Waals surface area contributed by atoms with Gasteiger partial charge in [0.05, 0.1) is 0 Å². The Kier molecular flexibility index (Phi) is 7.22. The number of carboxylic acids is 1. The van der Waals surface area contributed by atoms with Gasteiger partial charge in [-0.3, -0.25) is 4.79 Å². The van der Waals surface area contributed by atoms with Gasteiger partial charge in [-0.25, -0.2) is 4.79 Å². The number of carbonyl (C=O) groups is 2. The lowest BCUT2D eigenvalue weighted by Crippen LogP contribution is -2.30. The van der Waals surface area contributed by atoms with Gasteiger partial charge >= 0.3 is 12.1 Å². The van der Waals surface area contributed by atoms with Gasteiger partial charge < -0.3 is 10.4 Å². The van der Waals surface area contributed by atoms with Crippen LogP contribution in [0.5, 0.6) is 0 Å². The zero-order valence-corrected chi connectivity index (χ0v) is 11.7. The lowest BCUT2D eigenvalue weighted by Gasteiger charge is -2.11. The van der Waals surface area contributed by atoms with Gasteiger partial charge in [-0.2, -0.15) is 13.2 Å². The molecule has 2 heterocycles. The quantitative estimate of drug-likeness (QED) is 0.780. The summed E-state index contributed by atoms with van der Waals surface area (Å²) in [4.78, 5) is 20.1. The van der Waals surface area contributed by atoms with Crippen LogP contribution in [0.2, 0.25) is 0 Å². The number of ketones is 1. The van der Waals surface area contributed by atoms with Gasteiger partial charge in [0.15, 0.2) is 5.78 Å². The normalized spacial score (nSPS) is 24.5. The molecule has 20 heavy (non-hydrogen) atoms. The van der Waals surface area contributed by atoms with Crippen LogP contribution in [0.1, 0.15) is 32.6 Å².